The van der Waals surface area contributed by atoms with Gasteiger partial charge in [0, 0.05) is 6.04 Å². The van der Waals surface area contributed by atoms with Gasteiger partial charge in [0.15, 0.2) is 0 Å². The summed E-state index contributed by atoms with van der Waals surface area (Å²) < 4.78 is 0. The Morgan fingerprint density at radius 2 is 2.00 bits per heavy atom. The molecule has 1 N–H and O–H groups in total. The molecule has 2 heteroatoms. The fraction of sp³-hybridized carbons (Fsp3) is 0.364. The molecule has 1 heterocycles. The Hall–Kier alpha value is -1.31. The van der Waals surface area contributed by atoms with Crippen LogP contribution in [0, 0.1) is 5.92 Å². The van der Waals surface area contributed by atoms with Gasteiger partial charge in [0.1, 0.15) is 0 Å². The molecule has 0 spiro atoms. The first-order valence-corrected chi connectivity index (χ1v) is 4.61. The van der Waals surface area contributed by atoms with Gasteiger partial charge in [0.2, 0.25) is 5.91 Å². The molecule has 1 aromatic carbocycles. The molecule has 0 radical (unpaired) electrons. The molecule has 2 nitrogen and oxygen atoms in total. The second-order valence-corrected chi connectivity index (χ2v) is 3.59. The number of carbonyl (C=O) groups is 1. The van der Waals surface area contributed by atoms with Crippen molar-refractivity contribution in [3.8, 4) is 0 Å². The van der Waals surface area contributed by atoms with E-state index in [-0.39, 0.29) is 11.8 Å². The normalized spacial score (nSPS) is 26.4. The molecule has 2 atom stereocenters. The van der Waals surface area contributed by atoms with E-state index >= 15 is 0 Å². The summed E-state index contributed by atoms with van der Waals surface area (Å²) in [6.07, 6.45) is 0.952. The highest BCUT2D eigenvalue weighted by atomic mass is 16.2. The van der Waals surface area contributed by atoms with Crippen LogP contribution in [0.1, 0.15) is 12.5 Å². The van der Waals surface area contributed by atoms with Crippen LogP contribution in [-0.4, -0.2) is 11.9 Å². The molecular formula is C11H13NO. The van der Waals surface area contributed by atoms with Gasteiger partial charge in [-0.25, -0.2) is 0 Å². The summed E-state index contributed by atoms with van der Waals surface area (Å²) in [5.74, 6) is 0.362. The number of benzene rings is 1. The van der Waals surface area contributed by atoms with Gasteiger partial charge in [-0.1, -0.05) is 37.3 Å². The molecule has 2 unspecified atom stereocenters. The second kappa shape index (κ2) is 3.21. The number of rotatable bonds is 2. The van der Waals surface area contributed by atoms with Crippen LogP contribution in [0.5, 0.6) is 0 Å². The standard InChI is InChI=1S/C11H13NO/c1-8-10(12-11(8)13)7-9-5-3-2-4-6-9/h2-6,8,10H,7H2,1H3,(H,12,13). The van der Waals surface area contributed by atoms with Crippen LogP contribution in [-0.2, 0) is 11.2 Å². The third kappa shape index (κ3) is 1.57. The smallest absolute Gasteiger partial charge is 0.225 e. The topological polar surface area (TPSA) is 29.1 Å². The average molecular weight is 175 g/mol. The van der Waals surface area contributed by atoms with Gasteiger partial charge in [-0.3, -0.25) is 4.79 Å². The van der Waals surface area contributed by atoms with Crippen LogP contribution in [0.3, 0.4) is 0 Å². The highest BCUT2D eigenvalue weighted by molar-refractivity contribution is 5.85. The minimum absolute atomic E-state index is 0.181. The lowest BCUT2D eigenvalue weighted by molar-refractivity contribution is -0.133. The molecule has 1 amide bonds. The van der Waals surface area contributed by atoms with Crippen LogP contribution >= 0.6 is 0 Å². The maximum absolute atomic E-state index is 10.9. The van der Waals surface area contributed by atoms with Crippen molar-refractivity contribution in [3.05, 3.63) is 35.9 Å². The van der Waals surface area contributed by atoms with Gasteiger partial charge in [0.05, 0.1) is 5.92 Å². The lowest BCUT2D eigenvalue weighted by Gasteiger charge is -2.34. The van der Waals surface area contributed by atoms with Crippen molar-refractivity contribution in [3.63, 3.8) is 0 Å². The zero-order valence-corrected chi connectivity index (χ0v) is 7.66. The van der Waals surface area contributed by atoms with E-state index in [1.165, 1.54) is 5.56 Å². The first kappa shape index (κ1) is 8.30. The number of amides is 1. The van der Waals surface area contributed by atoms with Crippen LogP contribution in [0.15, 0.2) is 30.3 Å². The number of hydrogen-bond acceptors (Lipinski definition) is 1. The number of nitrogens with one attached hydrogen (secondary N) is 1. The Morgan fingerprint density at radius 1 is 1.31 bits per heavy atom. The van der Waals surface area contributed by atoms with Gasteiger partial charge in [0.25, 0.3) is 0 Å². The SMILES string of the molecule is CC1C(=O)NC1Cc1ccccc1. The molecule has 0 aromatic heterocycles. The number of hydrogen-bond donors (Lipinski definition) is 1. The van der Waals surface area contributed by atoms with Gasteiger partial charge in [-0.15, -0.1) is 0 Å². The lowest BCUT2D eigenvalue weighted by atomic mass is 9.87. The number of carbonyl (C=O) groups excluding carboxylic acids is 1. The summed E-state index contributed by atoms with van der Waals surface area (Å²) in [5, 5.41) is 2.90. The van der Waals surface area contributed by atoms with Crippen molar-refractivity contribution in [1.82, 2.24) is 5.32 Å². The van der Waals surface area contributed by atoms with Crippen molar-refractivity contribution in [1.29, 1.82) is 0 Å². The second-order valence-electron chi connectivity index (χ2n) is 3.59. The third-order valence-corrected chi connectivity index (χ3v) is 2.64. The van der Waals surface area contributed by atoms with Crippen molar-refractivity contribution in [2.75, 3.05) is 0 Å². The summed E-state index contributed by atoms with van der Waals surface area (Å²) in [6.45, 7) is 1.98. The van der Waals surface area contributed by atoms with Crippen molar-refractivity contribution in [2.45, 2.75) is 19.4 Å². The summed E-state index contributed by atoms with van der Waals surface area (Å²) in [6, 6.07) is 10.6. The van der Waals surface area contributed by atoms with Crippen LogP contribution in [0.4, 0.5) is 0 Å². The molecule has 1 fully saturated rings. The lowest BCUT2D eigenvalue weighted by Crippen LogP contribution is -2.57. The van der Waals surface area contributed by atoms with E-state index in [1.807, 2.05) is 25.1 Å². The zero-order valence-electron chi connectivity index (χ0n) is 7.66. The fourth-order valence-corrected chi connectivity index (χ4v) is 1.62. The summed E-state index contributed by atoms with van der Waals surface area (Å²) in [5.41, 5.74) is 1.29. The van der Waals surface area contributed by atoms with Crippen LogP contribution in [0.25, 0.3) is 0 Å². The molecule has 1 aliphatic rings. The maximum atomic E-state index is 10.9. The van der Waals surface area contributed by atoms with Crippen molar-refractivity contribution < 1.29 is 4.79 Å². The predicted molar refractivity (Wildman–Crippen MR) is 51.2 cm³/mol. The van der Waals surface area contributed by atoms with Crippen LogP contribution in [0.2, 0.25) is 0 Å². The van der Waals surface area contributed by atoms with E-state index in [0.717, 1.165) is 6.42 Å². The summed E-state index contributed by atoms with van der Waals surface area (Å²) in [7, 11) is 0. The molecule has 68 valence electrons. The Balaban J connectivity index is 1.97. The highest BCUT2D eigenvalue weighted by Gasteiger charge is 2.34. The van der Waals surface area contributed by atoms with Gasteiger partial charge >= 0.3 is 0 Å². The monoisotopic (exact) mass is 175 g/mol. The van der Waals surface area contributed by atoms with Crippen molar-refractivity contribution >= 4 is 5.91 Å². The van der Waals surface area contributed by atoms with Gasteiger partial charge in [-0.05, 0) is 12.0 Å². The van der Waals surface area contributed by atoms with E-state index in [9.17, 15) is 4.79 Å². The molecular weight excluding hydrogens is 162 g/mol. The van der Waals surface area contributed by atoms with Gasteiger partial charge in [-0.2, -0.15) is 0 Å². The number of β-lactam (4-membered cyclic amide) rings is 1. The zero-order chi connectivity index (χ0) is 9.26. The van der Waals surface area contributed by atoms with Gasteiger partial charge < -0.3 is 5.32 Å². The van der Waals surface area contributed by atoms with E-state index in [1.54, 1.807) is 0 Å². The first-order chi connectivity index (χ1) is 6.27. The molecule has 0 saturated carbocycles. The molecule has 0 bridgehead atoms. The Kier molecular flexibility index (Phi) is 2.05. The first-order valence-electron chi connectivity index (χ1n) is 4.61. The van der Waals surface area contributed by atoms with E-state index in [4.69, 9.17) is 0 Å². The molecule has 1 aliphatic heterocycles. The van der Waals surface area contributed by atoms with Crippen molar-refractivity contribution in [2.24, 2.45) is 5.92 Å². The molecule has 2 rings (SSSR count). The molecule has 1 aromatic rings. The maximum Gasteiger partial charge on any atom is 0.225 e. The average Bonchev–Trinajstić information content (AvgIpc) is 2.19. The molecule has 13 heavy (non-hydrogen) atoms. The minimum atomic E-state index is 0.181. The Morgan fingerprint density at radius 3 is 2.54 bits per heavy atom. The van der Waals surface area contributed by atoms with E-state index in [0.29, 0.717) is 6.04 Å². The van der Waals surface area contributed by atoms with E-state index in [2.05, 4.69) is 17.4 Å². The molecule has 1 saturated heterocycles. The van der Waals surface area contributed by atoms with Crippen LogP contribution < -0.4 is 5.32 Å². The minimum Gasteiger partial charge on any atom is -0.352 e. The summed E-state index contributed by atoms with van der Waals surface area (Å²) in [4.78, 5) is 10.9. The Labute approximate surface area is 78.0 Å². The predicted octanol–water partition coefficient (Wildman–Crippen LogP) is 1.36. The highest BCUT2D eigenvalue weighted by Crippen LogP contribution is 2.18. The Bertz CT molecular complexity index is 307. The third-order valence-electron chi connectivity index (χ3n) is 2.64. The molecule has 0 aliphatic carbocycles. The quantitative estimate of drug-likeness (QED) is 0.676. The summed E-state index contributed by atoms with van der Waals surface area (Å²) >= 11 is 0. The fourth-order valence-electron chi connectivity index (χ4n) is 1.62. The largest absolute Gasteiger partial charge is 0.352 e. The van der Waals surface area contributed by atoms with E-state index < -0.39 is 0 Å².